The summed E-state index contributed by atoms with van der Waals surface area (Å²) in [6, 6.07) is 15.9. The van der Waals surface area contributed by atoms with Crippen LogP contribution in [0.2, 0.25) is 0 Å². The Morgan fingerprint density at radius 3 is 2.29 bits per heavy atom. The Hall–Kier alpha value is -2.27. The van der Waals surface area contributed by atoms with Gasteiger partial charge in [0.05, 0.1) is 11.3 Å². The third kappa shape index (κ3) is 3.46. The highest BCUT2D eigenvalue weighted by molar-refractivity contribution is 8.00. The fraction of sp³-hybridized carbons (Fsp3) is 0.263. The maximum absolute atomic E-state index is 12.9. The van der Waals surface area contributed by atoms with E-state index in [0.29, 0.717) is 5.56 Å². The highest BCUT2D eigenvalue weighted by atomic mass is 32.2. The van der Waals surface area contributed by atoms with Gasteiger partial charge < -0.3 is 10.6 Å². The van der Waals surface area contributed by atoms with E-state index in [1.54, 1.807) is 0 Å². The van der Waals surface area contributed by atoms with Crippen LogP contribution in [-0.4, -0.2) is 35.6 Å². The standard InChI is InChI=1S/C19H20N2O2S/c1-21(15-10-13-6-2-3-7-14(13)11-15)19(23)16-8-4-5-9-17(16)24-12-18(20)22/h2-9,15H,10-12H2,1H3,(H2,20,22). The van der Waals surface area contributed by atoms with Crippen molar-refractivity contribution >= 4 is 23.6 Å². The van der Waals surface area contributed by atoms with Crippen LogP contribution in [0.15, 0.2) is 53.4 Å². The summed E-state index contributed by atoms with van der Waals surface area (Å²) < 4.78 is 0. The van der Waals surface area contributed by atoms with Gasteiger partial charge in [-0.3, -0.25) is 9.59 Å². The Bertz CT molecular complexity index is 750. The number of hydrogen-bond acceptors (Lipinski definition) is 3. The smallest absolute Gasteiger partial charge is 0.255 e. The predicted molar refractivity (Wildman–Crippen MR) is 96.1 cm³/mol. The minimum Gasteiger partial charge on any atom is -0.369 e. The van der Waals surface area contributed by atoms with Crippen LogP contribution >= 0.6 is 11.8 Å². The van der Waals surface area contributed by atoms with Crippen molar-refractivity contribution < 1.29 is 9.59 Å². The maximum Gasteiger partial charge on any atom is 0.255 e. The van der Waals surface area contributed by atoms with Crippen LogP contribution in [0.3, 0.4) is 0 Å². The van der Waals surface area contributed by atoms with Crippen molar-refractivity contribution in [3.8, 4) is 0 Å². The van der Waals surface area contributed by atoms with Gasteiger partial charge in [-0.1, -0.05) is 36.4 Å². The van der Waals surface area contributed by atoms with Gasteiger partial charge >= 0.3 is 0 Å². The molecular formula is C19H20N2O2S. The molecule has 2 N–H and O–H groups in total. The van der Waals surface area contributed by atoms with E-state index in [2.05, 4.69) is 12.1 Å². The third-order valence-electron chi connectivity index (χ3n) is 4.38. The van der Waals surface area contributed by atoms with Crippen molar-refractivity contribution in [1.82, 2.24) is 4.90 Å². The topological polar surface area (TPSA) is 63.4 Å². The number of fused-ring (bicyclic) bond motifs is 1. The minimum atomic E-state index is -0.387. The molecule has 3 rings (SSSR count). The maximum atomic E-state index is 12.9. The molecule has 0 aliphatic heterocycles. The SMILES string of the molecule is CN(C(=O)c1ccccc1SCC(N)=O)C1Cc2ccccc2C1. The van der Waals surface area contributed by atoms with Crippen LogP contribution in [0, 0.1) is 0 Å². The largest absolute Gasteiger partial charge is 0.369 e. The fourth-order valence-electron chi connectivity index (χ4n) is 3.08. The number of carbonyl (C=O) groups is 2. The first-order valence-electron chi connectivity index (χ1n) is 7.90. The lowest BCUT2D eigenvalue weighted by atomic mass is 10.1. The molecule has 1 aliphatic rings. The monoisotopic (exact) mass is 340 g/mol. The number of carbonyl (C=O) groups excluding carboxylic acids is 2. The van der Waals surface area contributed by atoms with Crippen molar-refractivity contribution in [2.24, 2.45) is 5.73 Å². The molecule has 0 saturated carbocycles. The lowest BCUT2D eigenvalue weighted by Crippen LogP contribution is -2.37. The van der Waals surface area contributed by atoms with Crippen molar-refractivity contribution in [3.05, 3.63) is 65.2 Å². The van der Waals surface area contributed by atoms with Crippen LogP contribution < -0.4 is 5.73 Å². The summed E-state index contributed by atoms with van der Waals surface area (Å²) in [6.07, 6.45) is 1.77. The summed E-state index contributed by atoms with van der Waals surface area (Å²) in [5.74, 6) is -0.231. The molecule has 2 amide bonds. The number of likely N-dealkylation sites (N-methyl/N-ethyl adjacent to an activating group) is 1. The Morgan fingerprint density at radius 2 is 1.67 bits per heavy atom. The number of nitrogens with zero attached hydrogens (tertiary/aromatic N) is 1. The Kier molecular flexibility index (Phi) is 4.90. The third-order valence-corrected chi connectivity index (χ3v) is 5.48. The number of rotatable bonds is 5. The van der Waals surface area contributed by atoms with Crippen molar-refractivity contribution in [1.29, 1.82) is 0 Å². The van der Waals surface area contributed by atoms with E-state index in [1.807, 2.05) is 48.3 Å². The first kappa shape index (κ1) is 16.6. The van der Waals surface area contributed by atoms with Gasteiger partial charge in [0.1, 0.15) is 0 Å². The van der Waals surface area contributed by atoms with Crippen LogP contribution in [0.25, 0.3) is 0 Å². The van der Waals surface area contributed by atoms with Gasteiger partial charge in [0.2, 0.25) is 5.91 Å². The summed E-state index contributed by atoms with van der Waals surface area (Å²) in [5.41, 5.74) is 8.48. The zero-order valence-corrected chi connectivity index (χ0v) is 14.4. The molecule has 0 atom stereocenters. The van der Waals surface area contributed by atoms with E-state index >= 15 is 0 Å². The highest BCUT2D eigenvalue weighted by Gasteiger charge is 2.28. The molecule has 0 spiro atoms. The number of primary amides is 1. The average Bonchev–Trinajstić information content (AvgIpc) is 3.03. The zero-order valence-electron chi connectivity index (χ0n) is 13.6. The van der Waals surface area contributed by atoms with E-state index in [9.17, 15) is 9.59 Å². The molecule has 2 aromatic rings. The number of nitrogens with two attached hydrogens (primary N) is 1. The van der Waals surface area contributed by atoms with E-state index in [1.165, 1.54) is 22.9 Å². The van der Waals surface area contributed by atoms with Crippen LogP contribution in [0.1, 0.15) is 21.5 Å². The van der Waals surface area contributed by atoms with Crippen LogP contribution in [0.4, 0.5) is 0 Å². The van der Waals surface area contributed by atoms with Crippen molar-refractivity contribution in [2.45, 2.75) is 23.8 Å². The summed E-state index contributed by atoms with van der Waals surface area (Å²) in [7, 11) is 1.86. The molecule has 0 heterocycles. The summed E-state index contributed by atoms with van der Waals surface area (Å²) in [4.78, 5) is 26.6. The fourth-order valence-corrected chi connectivity index (χ4v) is 3.87. The molecule has 0 unspecified atom stereocenters. The van der Waals surface area contributed by atoms with Gasteiger partial charge in [0, 0.05) is 18.0 Å². The van der Waals surface area contributed by atoms with E-state index < -0.39 is 0 Å². The van der Waals surface area contributed by atoms with Crippen molar-refractivity contribution in [3.63, 3.8) is 0 Å². The molecule has 2 aromatic carbocycles. The number of thioether (sulfide) groups is 1. The second-order valence-electron chi connectivity index (χ2n) is 6.00. The van der Waals surface area contributed by atoms with Gasteiger partial charge in [-0.25, -0.2) is 0 Å². The molecule has 0 radical (unpaired) electrons. The van der Waals surface area contributed by atoms with Crippen LogP contribution in [-0.2, 0) is 17.6 Å². The normalized spacial score (nSPS) is 13.5. The molecular weight excluding hydrogens is 320 g/mol. The molecule has 0 fully saturated rings. The van der Waals surface area contributed by atoms with Gasteiger partial charge in [0.15, 0.2) is 0 Å². The quantitative estimate of drug-likeness (QED) is 0.851. The second-order valence-corrected chi connectivity index (χ2v) is 7.02. The summed E-state index contributed by atoms with van der Waals surface area (Å²) >= 11 is 1.31. The van der Waals surface area contributed by atoms with E-state index in [4.69, 9.17) is 5.73 Å². The number of benzene rings is 2. The second kappa shape index (κ2) is 7.09. The summed E-state index contributed by atoms with van der Waals surface area (Å²) in [6.45, 7) is 0. The zero-order chi connectivity index (χ0) is 17.1. The molecule has 0 aromatic heterocycles. The first-order valence-corrected chi connectivity index (χ1v) is 8.89. The molecule has 1 aliphatic carbocycles. The summed E-state index contributed by atoms with van der Waals surface area (Å²) in [5, 5.41) is 0. The van der Waals surface area contributed by atoms with Gasteiger partial charge in [-0.05, 0) is 36.1 Å². The Labute approximate surface area is 146 Å². The molecule has 24 heavy (non-hydrogen) atoms. The average molecular weight is 340 g/mol. The number of amides is 2. The molecule has 4 nitrogen and oxygen atoms in total. The van der Waals surface area contributed by atoms with Gasteiger partial charge in [-0.2, -0.15) is 0 Å². The lowest BCUT2D eigenvalue weighted by Gasteiger charge is -2.25. The van der Waals surface area contributed by atoms with E-state index in [0.717, 1.165) is 17.7 Å². The van der Waals surface area contributed by atoms with Crippen LogP contribution in [0.5, 0.6) is 0 Å². The number of hydrogen-bond donors (Lipinski definition) is 1. The minimum absolute atomic E-state index is 0.0135. The van der Waals surface area contributed by atoms with Gasteiger partial charge in [0.25, 0.3) is 5.91 Å². The Morgan fingerprint density at radius 1 is 1.08 bits per heavy atom. The lowest BCUT2D eigenvalue weighted by molar-refractivity contribution is -0.115. The molecule has 0 bridgehead atoms. The molecule has 5 heteroatoms. The van der Waals surface area contributed by atoms with Gasteiger partial charge in [-0.15, -0.1) is 11.8 Å². The molecule has 124 valence electrons. The Balaban J connectivity index is 1.76. The molecule has 0 saturated heterocycles. The van der Waals surface area contributed by atoms with E-state index in [-0.39, 0.29) is 23.6 Å². The first-order chi connectivity index (χ1) is 11.6. The predicted octanol–water partition coefficient (Wildman–Crippen LogP) is 2.50. The van der Waals surface area contributed by atoms with Crippen molar-refractivity contribution in [2.75, 3.05) is 12.8 Å². The highest BCUT2D eigenvalue weighted by Crippen LogP contribution is 2.28.